The highest BCUT2D eigenvalue weighted by Gasteiger charge is 1.91. The van der Waals surface area contributed by atoms with Gasteiger partial charge in [0.05, 0.1) is 0 Å². The number of carboxylic acids is 1. The first kappa shape index (κ1) is 23.2. The van der Waals surface area contributed by atoms with E-state index in [9.17, 15) is 4.79 Å². The van der Waals surface area contributed by atoms with Crippen LogP contribution in [0, 0.1) is 0 Å². The number of carboxylic acid groups (broad SMARTS) is 1. The second-order valence-electron chi connectivity index (χ2n) is 6.27. The minimum atomic E-state index is -0.878. The van der Waals surface area contributed by atoms with E-state index in [0.717, 1.165) is 31.3 Å². The number of hydrogen-bond donors (Lipinski definition) is 1. The molecule has 0 aliphatic carbocycles. The predicted octanol–water partition coefficient (Wildman–Crippen LogP) is 7.16. The third-order valence-electron chi connectivity index (χ3n) is 3.75. The molecule has 0 heterocycles. The Hall–Kier alpha value is -1.83. The number of aliphatic carboxylic acids is 1. The third-order valence-corrected chi connectivity index (χ3v) is 3.75. The maximum Gasteiger partial charge on any atom is 0.328 e. The van der Waals surface area contributed by atoms with Crippen LogP contribution >= 0.6 is 0 Å². The lowest BCUT2D eigenvalue weighted by atomic mass is 10.1. The summed E-state index contributed by atoms with van der Waals surface area (Å²) >= 11 is 0. The fraction of sp³-hybridized carbons (Fsp3) is 0.522. The van der Waals surface area contributed by atoms with Crippen molar-refractivity contribution in [3.63, 3.8) is 0 Å². The molecule has 0 aromatic heterocycles. The average Bonchev–Trinajstić information content (AvgIpc) is 2.57. The number of carbonyl (C=O) groups is 1. The first-order valence-corrected chi connectivity index (χ1v) is 9.69. The largest absolute Gasteiger partial charge is 0.478 e. The van der Waals surface area contributed by atoms with Gasteiger partial charge in [0.2, 0.25) is 0 Å². The lowest BCUT2D eigenvalue weighted by molar-refractivity contribution is -0.131. The van der Waals surface area contributed by atoms with Crippen molar-refractivity contribution in [1.82, 2.24) is 0 Å². The zero-order chi connectivity index (χ0) is 18.6. The Balaban J connectivity index is 3.41. The molecule has 140 valence electrons. The number of unbranched alkanes of at least 4 members (excludes halogenated alkanes) is 6. The van der Waals surface area contributed by atoms with Crippen molar-refractivity contribution in [2.75, 3.05) is 0 Å². The molecule has 0 spiro atoms. The van der Waals surface area contributed by atoms with Gasteiger partial charge < -0.3 is 5.11 Å². The molecule has 0 rings (SSSR count). The molecule has 2 nitrogen and oxygen atoms in total. The second kappa shape index (κ2) is 18.5. The summed E-state index contributed by atoms with van der Waals surface area (Å²) in [5, 5.41) is 8.61. The monoisotopic (exact) mass is 344 g/mol. The van der Waals surface area contributed by atoms with Gasteiger partial charge in [-0.05, 0) is 57.4 Å². The Bertz CT molecular complexity index is 464. The maximum atomic E-state index is 10.5. The number of hydrogen-bond acceptors (Lipinski definition) is 1. The average molecular weight is 345 g/mol. The van der Waals surface area contributed by atoms with Crippen molar-refractivity contribution in [3.8, 4) is 0 Å². The Morgan fingerprint density at radius 2 is 1.28 bits per heavy atom. The summed E-state index contributed by atoms with van der Waals surface area (Å²) in [6.07, 6.45) is 30.4. The molecule has 0 aliphatic rings. The van der Waals surface area contributed by atoms with Crippen molar-refractivity contribution in [1.29, 1.82) is 0 Å². The summed E-state index contributed by atoms with van der Waals surface area (Å²) in [6, 6.07) is 0. The van der Waals surface area contributed by atoms with E-state index in [1.165, 1.54) is 44.6 Å². The lowest BCUT2D eigenvalue weighted by Gasteiger charge is -1.98. The summed E-state index contributed by atoms with van der Waals surface area (Å²) in [7, 11) is 0. The zero-order valence-electron chi connectivity index (χ0n) is 16.1. The quantitative estimate of drug-likeness (QED) is 0.148. The van der Waals surface area contributed by atoms with E-state index in [0.29, 0.717) is 0 Å². The molecule has 0 bridgehead atoms. The number of rotatable bonds is 15. The van der Waals surface area contributed by atoms with Crippen LogP contribution < -0.4 is 0 Å². The van der Waals surface area contributed by atoms with Crippen LogP contribution in [0.15, 0.2) is 60.3 Å². The molecule has 0 atom stereocenters. The molecule has 0 saturated carbocycles. The molecule has 2 heteroatoms. The third kappa shape index (κ3) is 20.1. The second-order valence-corrected chi connectivity index (χ2v) is 6.27. The van der Waals surface area contributed by atoms with Crippen LogP contribution in [-0.4, -0.2) is 11.1 Å². The van der Waals surface area contributed by atoms with Gasteiger partial charge in [0.15, 0.2) is 0 Å². The summed E-state index contributed by atoms with van der Waals surface area (Å²) < 4.78 is 0. The predicted molar refractivity (Wildman–Crippen MR) is 110 cm³/mol. The van der Waals surface area contributed by atoms with Crippen molar-refractivity contribution >= 4 is 5.97 Å². The van der Waals surface area contributed by atoms with Gasteiger partial charge in [0.1, 0.15) is 0 Å². The van der Waals surface area contributed by atoms with Crippen molar-refractivity contribution in [2.45, 2.75) is 78.1 Å². The van der Waals surface area contributed by atoms with E-state index in [1.54, 1.807) is 0 Å². The van der Waals surface area contributed by atoms with Crippen LogP contribution in [0.25, 0.3) is 0 Å². The summed E-state index contributed by atoms with van der Waals surface area (Å²) in [5.41, 5.74) is 0.798. The smallest absolute Gasteiger partial charge is 0.328 e. The van der Waals surface area contributed by atoms with Gasteiger partial charge in [-0.2, -0.15) is 0 Å². The molecule has 0 amide bonds. The van der Waals surface area contributed by atoms with E-state index in [1.807, 2.05) is 13.0 Å². The van der Waals surface area contributed by atoms with Gasteiger partial charge in [0, 0.05) is 6.08 Å². The zero-order valence-corrected chi connectivity index (χ0v) is 16.1. The first-order chi connectivity index (χ1) is 12.2. The molecule has 0 aromatic rings. The summed E-state index contributed by atoms with van der Waals surface area (Å²) in [4.78, 5) is 10.5. The van der Waals surface area contributed by atoms with Gasteiger partial charge in [-0.25, -0.2) is 4.79 Å². The molecule has 0 fully saturated rings. The Labute approximate surface area is 154 Å². The molecule has 25 heavy (non-hydrogen) atoms. The molecule has 0 unspecified atom stereocenters. The Kier molecular flexibility index (Phi) is 17.2. The van der Waals surface area contributed by atoms with E-state index in [2.05, 4.69) is 49.5 Å². The van der Waals surface area contributed by atoms with Gasteiger partial charge in [-0.15, -0.1) is 0 Å². The van der Waals surface area contributed by atoms with Crippen LogP contribution in [0.2, 0.25) is 0 Å². The fourth-order valence-electron chi connectivity index (χ4n) is 2.39. The highest BCUT2D eigenvalue weighted by molar-refractivity contribution is 5.81. The van der Waals surface area contributed by atoms with Crippen LogP contribution in [0.1, 0.15) is 78.1 Å². The van der Waals surface area contributed by atoms with Crippen LogP contribution in [0.5, 0.6) is 0 Å². The molecule has 0 aliphatic heterocycles. The maximum absolute atomic E-state index is 10.5. The van der Waals surface area contributed by atoms with Gasteiger partial charge in [-0.1, -0.05) is 74.8 Å². The Morgan fingerprint density at radius 3 is 1.88 bits per heavy atom. The van der Waals surface area contributed by atoms with Crippen LogP contribution in [0.3, 0.4) is 0 Å². The Morgan fingerprint density at radius 1 is 0.760 bits per heavy atom. The molecular weight excluding hydrogens is 308 g/mol. The van der Waals surface area contributed by atoms with E-state index >= 15 is 0 Å². The van der Waals surface area contributed by atoms with Crippen LogP contribution in [-0.2, 0) is 4.79 Å². The van der Waals surface area contributed by atoms with Crippen molar-refractivity contribution in [3.05, 3.63) is 60.3 Å². The minimum Gasteiger partial charge on any atom is -0.478 e. The van der Waals surface area contributed by atoms with Gasteiger partial charge in [-0.3, -0.25) is 0 Å². The topological polar surface area (TPSA) is 37.3 Å². The minimum absolute atomic E-state index is 0.798. The molecular formula is C23H36O2. The fourth-order valence-corrected chi connectivity index (χ4v) is 2.39. The van der Waals surface area contributed by atoms with E-state index in [-0.39, 0.29) is 0 Å². The SMILES string of the molecule is CCC=CCC=CCC=CCCCCCCCC=CC(C)=CC(=O)O. The van der Waals surface area contributed by atoms with E-state index < -0.39 is 5.97 Å². The molecule has 1 N–H and O–H groups in total. The van der Waals surface area contributed by atoms with E-state index in [4.69, 9.17) is 5.11 Å². The van der Waals surface area contributed by atoms with Gasteiger partial charge in [0.25, 0.3) is 0 Å². The lowest BCUT2D eigenvalue weighted by Crippen LogP contribution is -1.87. The van der Waals surface area contributed by atoms with Crippen LogP contribution in [0.4, 0.5) is 0 Å². The molecule has 0 radical (unpaired) electrons. The normalized spacial score (nSPS) is 13.1. The van der Waals surface area contributed by atoms with Gasteiger partial charge >= 0.3 is 5.97 Å². The highest BCUT2D eigenvalue weighted by atomic mass is 16.4. The standard InChI is InChI=1S/C23H36O2/c1-3-4-5-6-7-8-9-10-11-12-13-14-15-16-17-18-19-20-22(2)21-23(24)25/h4-5,7-8,10-11,19-21H,3,6,9,12-18H2,1-2H3,(H,24,25). The molecule has 0 saturated heterocycles. The van der Waals surface area contributed by atoms with Crippen molar-refractivity contribution in [2.24, 2.45) is 0 Å². The first-order valence-electron chi connectivity index (χ1n) is 9.69. The summed E-state index contributed by atoms with van der Waals surface area (Å²) in [6.45, 7) is 3.97. The van der Waals surface area contributed by atoms with Crippen molar-refractivity contribution < 1.29 is 9.90 Å². The highest BCUT2D eigenvalue weighted by Crippen LogP contribution is 2.09. The number of allylic oxidation sites excluding steroid dienone is 9. The summed E-state index contributed by atoms with van der Waals surface area (Å²) in [5.74, 6) is -0.878. The molecule has 0 aromatic carbocycles.